The standard InChI is InChI=1S/C21H23N3O5/c25-21(16-5-2-1-3-6-16)23-8-4-7-22(9-10-23)13-17-11-19(24(26)27)12-18-14-28-15-29-20(17)18/h1-3,5-6,11-12H,4,7-10,13-15H2. The molecular weight excluding hydrogens is 374 g/mol. The van der Waals surface area contributed by atoms with Crippen molar-refractivity contribution in [3.05, 3.63) is 69.3 Å². The van der Waals surface area contributed by atoms with E-state index in [0.717, 1.165) is 18.5 Å². The van der Waals surface area contributed by atoms with Crippen LogP contribution in [0.5, 0.6) is 5.75 Å². The third-order valence-electron chi connectivity index (χ3n) is 5.27. The van der Waals surface area contributed by atoms with Crippen molar-refractivity contribution in [1.82, 2.24) is 9.80 Å². The minimum atomic E-state index is -0.388. The average molecular weight is 397 g/mol. The molecule has 0 aliphatic carbocycles. The van der Waals surface area contributed by atoms with Crippen LogP contribution in [0.4, 0.5) is 5.69 Å². The monoisotopic (exact) mass is 397 g/mol. The third-order valence-corrected chi connectivity index (χ3v) is 5.27. The molecule has 2 aliphatic rings. The molecule has 0 aromatic heterocycles. The Bertz CT molecular complexity index is 903. The minimum absolute atomic E-state index is 0.0423. The zero-order chi connectivity index (χ0) is 20.2. The maximum atomic E-state index is 12.7. The van der Waals surface area contributed by atoms with Gasteiger partial charge in [0.1, 0.15) is 5.75 Å². The highest BCUT2D eigenvalue weighted by Crippen LogP contribution is 2.33. The highest BCUT2D eigenvalue weighted by Gasteiger charge is 2.24. The van der Waals surface area contributed by atoms with E-state index in [2.05, 4.69) is 4.90 Å². The van der Waals surface area contributed by atoms with Gasteiger partial charge in [-0.05, 0) is 18.6 Å². The number of fused-ring (bicyclic) bond motifs is 1. The third kappa shape index (κ3) is 4.38. The second kappa shape index (κ2) is 8.59. The van der Waals surface area contributed by atoms with E-state index >= 15 is 0 Å². The molecule has 4 rings (SSSR count). The number of non-ortho nitro benzene ring substituents is 1. The number of benzene rings is 2. The predicted octanol–water partition coefficient (Wildman–Crippen LogP) is 2.81. The quantitative estimate of drug-likeness (QED) is 0.583. The lowest BCUT2D eigenvalue weighted by Crippen LogP contribution is -2.35. The van der Waals surface area contributed by atoms with E-state index in [1.807, 2.05) is 35.2 Å². The van der Waals surface area contributed by atoms with Gasteiger partial charge in [0.2, 0.25) is 0 Å². The van der Waals surface area contributed by atoms with Crippen molar-refractivity contribution in [2.45, 2.75) is 19.6 Å². The zero-order valence-electron chi connectivity index (χ0n) is 16.1. The van der Waals surface area contributed by atoms with Crippen molar-refractivity contribution in [2.24, 2.45) is 0 Å². The molecular formula is C21H23N3O5. The molecule has 0 bridgehead atoms. The van der Waals surface area contributed by atoms with Crippen LogP contribution >= 0.6 is 0 Å². The summed E-state index contributed by atoms with van der Waals surface area (Å²) in [7, 11) is 0. The number of hydrogen-bond donors (Lipinski definition) is 0. The van der Waals surface area contributed by atoms with E-state index in [0.29, 0.717) is 49.7 Å². The van der Waals surface area contributed by atoms with Crippen LogP contribution in [0.2, 0.25) is 0 Å². The lowest BCUT2D eigenvalue weighted by Gasteiger charge is -2.25. The minimum Gasteiger partial charge on any atom is -0.467 e. The van der Waals surface area contributed by atoms with Gasteiger partial charge in [0.05, 0.1) is 11.5 Å². The van der Waals surface area contributed by atoms with Crippen molar-refractivity contribution in [3.8, 4) is 5.75 Å². The van der Waals surface area contributed by atoms with Gasteiger partial charge in [0.15, 0.2) is 6.79 Å². The van der Waals surface area contributed by atoms with Crippen molar-refractivity contribution < 1.29 is 19.2 Å². The summed E-state index contributed by atoms with van der Waals surface area (Å²) in [4.78, 5) is 27.7. The summed E-state index contributed by atoms with van der Waals surface area (Å²) in [5.41, 5.74) is 2.24. The Labute approximate surface area is 168 Å². The van der Waals surface area contributed by atoms with Crippen LogP contribution < -0.4 is 4.74 Å². The Morgan fingerprint density at radius 1 is 1.10 bits per heavy atom. The first-order chi connectivity index (χ1) is 14.1. The van der Waals surface area contributed by atoms with E-state index in [1.165, 1.54) is 6.07 Å². The number of carbonyl (C=O) groups is 1. The molecule has 8 nitrogen and oxygen atoms in total. The number of rotatable bonds is 4. The molecule has 1 saturated heterocycles. The fraction of sp³-hybridized carbons (Fsp3) is 0.381. The molecule has 2 aromatic rings. The fourth-order valence-electron chi connectivity index (χ4n) is 3.84. The molecule has 8 heteroatoms. The number of nitrogens with zero attached hydrogens (tertiary/aromatic N) is 3. The lowest BCUT2D eigenvalue weighted by atomic mass is 10.1. The van der Waals surface area contributed by atoms with Gasteiger partial charge in [-0.2, -0.15) is 0 Å². The van der Waals surface area contributed by atoms with E-state index in [1.54, 1.807) is 6.07 Å². The Morgan fingerprint density at radius 2 is 1.93 bits per heavy atom. The summed E-state index contributed by atoms with van der Waals surface area (Å²) in [6.07, 6.45) is 0.847. The number of carbonyl (C=O) groups excluding carboxylic acids is 1. The molecule has 1 amide bonds. The second-order valence-corrected chi connectivity index (χ2v) is 7.25. The summed E-state index contributed by atoms with van der Waals surface area (Å²) in [6, 6.07) is 12.4. The SMILES string of the molecule is O=C(c1ccccc1)N1CCCN(Cc2cc([N+](=O)[O-])cc3c2OCOC3)CC1. The van der Waals surface area contributed by atoms with Crippen molar-refractivity contribution in [3.63, 3.8) is 0 Å². The largest absolute Gasteiger partial charge is 0.467 e. The van der Waals surface area contributed by atoms with Crippen LogP contribution in [-0.4, -0.2) is 53.6 Å². The normalized spacial score (nSPS) is 17.2. The molecule has 2 aliphatic heterocycles. The van der Waals surface area contributed by atoms with Gasteiger partial charge >= 0.3 is 0 Å². The van der Waals surface area contributed by atoms with Crippen LogP contribution in [-0.2, 0) is 17.9 Å². The summed E-state index contributed by atoms with van der Waals surface area (Å²) >= 11 is 0. The van der Waals surface area contributed by atoms with Gasteiger partial charge < -0.3 is 14.4 Å². The maximum Gasteiger partial charge on any atom is 0.270 e. The molecule has 0 atom stereocenters. The molecule has 2 aromatic carbocycles. The average Bonchev–Trinajstić information content (AvgIpc) is 2.99. The van der Waals surface area contributed by atoms with Gasteiger partial charge in [0, 0.05) is 61.5 Å². The Hall–Kier alpha value is -2.97. The van der Waals surface area contributed by atoms with Crippen molar-refractivity contribution in [2.75, 3.05) is 33.0 Å². The van der Waals surface area contributed by atoms with Gasteiger partial charge in [-0.25, -0.2) is 0 Å². The summed E-state index contributed by atoms with van der Waals surface area (Å²) < 4.78 is 10.9. The van der Waals surface area contributed by atoms with Gasteiger partial charge in [-0.15, -0.1) is 0 Å². The highest BCUT2D eigenvalue weighted by atomic mass is 16.7. The Morgan fingerprint density at radius 3 is 2.72 bits per heavy atom. The van der Waals surface area contributed by atoms with Crippen molar-refractivity contribution in [1.29, 1.82) is 0 Å². The molecule has 2 heterocycles. The van der Waals surface area contributed by atoms with E-state index in [-0.39, 0.29) is 23.3 Å². The topological polar surface area (TPSA) is 85.2 Å². The number of nitro benzene ring substituents is 1. The van der Waals surface area contributed by atoms with Crippen LogP contribution in [0.25, 0.3) is 0 Å². The van der Waals surface area contributed by atoms with Crippen LogP contribution in [0.15, 0.2) is 42.5 Å². The summed E-state index contributed by atoms with van der Waals surface area (Å²) in [5.74, 6) is 0.726. The van der Waals surface area contributed by atoms with E-state index < -0.39 is 0 Å². The molecule has 0 radical (unpaired) electrons. The van der Waals surface area contributed by atoms with E-state index in [9.17, 15) is 14.9 Å². The molecule has 29 heavy (non-hydrogen) atoms. The molecule has 0 unspecified atom stereocenters. The fourth-order valence-corrected chi connectivity index (χ4v) is 3.84. The van der Waals surface area contributed by atoms with Gasteiger partial charge in [-0.1, -0.05) is 18.2 Å². The van der Waals surface area contributed by atoms with Crippen LogP contribution in [0.1, 0.15) is 27.9 Å². The second-order valence-electron chi connectivity index (χ2n) is 7.25. The summed E-state index contributed by atoms with van der Waals surface area (Å²) in [5, 5.41) is 11.3. The number of amides is 1. The smallest absolute Gasteiger partial charge is 0.270 e. The lowest BCUT2D eigenvalue weighted by molar-refractivity contribution is -0.385. The molecule has 0 spiro atoms. The number of hydrogen-bond acceptors (Lipinski definition) is 6. The molecule has 0 saturated carbocycles. The maximum absolute atomic E-state index is 12.7. The molecule has 0 N–H and O–H groups in total. The Balaban J connectivity index is 1.47. The van der Waals surface area contributed by atoms with E-state index in [4.69, 9.17) is 9.47 Å². The first kappa shape index (κ1) is 19.4. The zero-order valence-corrected chi connectivity index (χ0v) is 16.1. The summed E-state index contributed by atoms with van der Waals surface area (Å²) in [6.45, 7) is 3.83. The number of nitro groups is 1. The van der Waals surface area contributed by atoms with Gasteiger partial charge in [0.25, 0.3) is 11.6 Å². The molecule has 1 fully saturated rings. The Kier molecular flexibility index (Phi) is 5.73. The number of ether oxygens (including phenoxy) is 2. The van der Waals surface area contributed by atoms with Crippen LogP contribution in [0, 0.1) is 10.1 Å². The first-order valence-electron chi connectivity index (χ1n) is 9.69. The van der Waals surface area contributed by atoms with Crippen molar-refractivity contribution >= 4 is 11.6 Å². The van der Waals surface area contributed by atoms with Gasteiger partial charge in [-0.3, -0.25) is 19.8 Å². The molecule has 152 valence electrons. The predicted molar refractivity (Wildman–Crippen MR) is 106 cm³/mol. The highest BCUT2D eigenvalue weighted by molar-refractivity contribution is 5.94. The van der Waals surface area contributed by atoms with Crippen LogP contribution in [0.3, 0.4) is 0 Å². The first-order valence-corrected chi connectivity index (χ1v) is 9.69.